The number of halogens is 1. The average Bonchev–Trinajstić information content (AvgIpc) is 2.11. The van der Waals surface area contributed by atoms with E-state index in [1.807, 2.05) is 25.1 Å². The second-order valence-electron chi connectivity index (χ2n) is 3.75. The first kappa shape index (κ1) is 11.4. The van der Waals surface area contributed by atoms with Crippen molar-refractivity contribution < 1.29 is 4.74 Å². The van der Waals surface area contributed by atoms with Crippen molar-refractivity contribution in [3.05, 3.63) is 22.7 Å². The summed E-state index contributed by atoms with van der Waals surface area (Å²) < 4.78 is 6.72. The molecule has 2 N–H and O–H groups in total. The molecule has 1 atom stereocenters. The number of ether oxygens (including phenoxy) is 1. The van der Waals surface area contributed by atoms with Gasteiger partial charge in [0.2, 0.25) is 0 Å². The minimum Gasteiger partial charge on any atom is -0.488 e. The predicted molar refractivity (Wildman–Crippen MR) is 63.5 cm³/mol. The lowest BCUT2D eigenvalue weighted by molar-refractivity contribution is 0.171. The Bertz CT molecular complexity index is 312. The van der Waals surface area contributed by atoms with Gasteiger partial charge in [0.15, 0.2) is 0 Å². The molecule has 0 saturated carbocycles. The van der Waals surface area contributed by atoms with E-state index in [1.165, 1.54) is 0 Å². The van der Waals surface area contributed by atoms with Crippen LogP contribution in [0.2, 0.25) is 0 Å². The van der Waals surface area contributed by atoms with E-state index in [0.29, 0.717) is 11.6 Å². The second kappa shape index (κ2) is 4.69. The average molecular weight is 258 g/mol. The maximum atomic E-state index is 5.79. The highest BCUT2D eigenvalue weighted by molar-refractivity contribution is 9.10. The standard InChI is InChI=1S/C11H16BrNO/c1-7(2)8(3)14-11-6-9(12)4-5-10(11)13/h4-8H,13H2,1-3H3. The molecule has 0 aliphatic rings. The molecule has 78 valence electrons. The van der Waals surface area contributed by atoms with Gasteiger partial charge in [0, 0.05) is 4.47 Å². The van der Waals surface area contributed by atoms with Crippen LogP contribution in [0.4, 0.5) is 5.69 Å². The Morgan fingerprint density at radius 3 is 2.50 bits per heavy atom. The molecule has 0 bridgehead atoms. The molecular weight excluding hydrogens is 242 g/mol. The lowest BCUT2D eigenvalue weighted by Gasteiger charge is -2.19. The number of hydrogen-bond donors (Lipinski definition) is 1. The Hall–Kier alpha value is -0.700. The molecule has 1 rings (SSSR count). The molecule has 0 spiro atoms. The van der Waals surface area contributed by atoms with E-state index in [9.17, 15) is 0 Å². The van der Waals surface area contributed by atoms with Gasteiger partial charge >= 0.3 is 0 Å². The molecule has 0 aliphatic carbocycles. The largest absolute Gasteiger partial charge is 0.488 e. The fourth-order valence-corrected chi connectivity index (χ4v) is 1.29. The van der Waals surface area contributed by atoms with Gasteiger partial charge < -0.3 is 10.5 Å². The smallest absolute Gasteiger partial charge is 0.143 e. The first-order valence-corrected chi connectivity index (χ1v) is 5.51. The van der Waals surface area contributed by atoms with Crippen molar-refractivity contribution in [2.24, 2.45) is 5.92 Å². The minimum absolute atomic E-state index is 0.173. The third-order valence-electron chi connectivity index (χ3n) is 2.23. The van der Waals surface area contributed by atoms with Gasteiger partial charge in [-0.1, -0.05) is 29.8 Å². The van der Waals surface area contributed by atoms with Gasteiger partial charge in [0.05, 0.1) is 11.8 Å². The summed E-state index contributed by atoms with van der Waals surface area (Å²) in [7, 11) is 0. The molecule has 0 fully saturated rings. The Labute approximate surface area is 93.6 Å². The molecule has 1 aromatic rings. The third kappa shape index (κ3) is 2.91. The topological polar surface area (TPSA) is 35.2 Å². The van der Waals surface area contributed by atoms with Crippen LogP contribution in [0.15, 0.2) is 22.7 Å². The SMILES string of the molecule is CC(C)C(C)Oc1cc(Br)ccc1N. The molecule has 0 saturated heterocycles. The summed E-state index contributed by atoms with van der Waals surface area (Å²) in [5.74, 6) is 1.23. The molecule has 1 aromatic carbocycles. The predicted octanol–water partition coefficient (Wildman–Crippen LogP) is 3.45. The zero-order chi connectivity index (χ0) is 10.7. The maximum Gasteiger partial charge on any atom is 0.143 e. The van der Waals surface area contributed by atoms with Crippen LogP contribution in [-0.2, 0) is 0 Å². The number of rotatable bonds is 3. The van der Waals surface area contributed by atoms with Crippen LogP contribution in [0.25, 0.3) is 0 Å². The molecule has 0 aliphatic heterocycles. The van der Waals surface area contributed by atoms with E-state index in [1.54, 1.807) is 0 Å². The van der Waals surface area contributed by atoms with Gasteiger partial charge in [-0.25, -0.2) is 0 Å². The summed E-state index contributed by atoms with van der Waals surface area (Å²) >= 11 is 3.39. The number of hydrogen-bond acceptors (Lipinski definition) is 2. The maximum absolute atomic E-state index is 5.79. The lowest BCUT2D eigenvalue weighted by atomic mass is 10.1. The van der Waals surface area contributed by atoms with E-state index >= 15 is 0 Å². The van der Waals surface area contributed by atoms with Crippen LogP contribution in [-0.4, -0.2) is 6.10 Å². The van der Waals surface area contributed by atoms with Crippen LogP contribution in [0.1, 0.15) is 20.8 Å². The van der Waals surface area contributed by atoms with E-state index < -0.39 is 0 Å². The normalized spacial score (nSPS) is 12.9. The van der Waals surface area contributed by atoms with Gasteiger partial charge in [0.25, 0.3) is 0 Å². The van der Waals surface area contributed by atoms with Crippen LogP contribution >= 0.6 is 15.9 Å². The second-order valence-corrected chi connectivity index (χ2v) is 4.66. The highest BCUT2D eigenvalue weighted by Gasteiger charge is 2.10. The first-order valence-electron chi connectivity index (χ1n) is 4.72. The number of benzene rings is 1. The van der Waals surface area contributed by atoms with Gasteiger partial charge in [-0.15, -0.1) is 0 Å². The van der Waals surface area contributed by atoms with E-state index in [4.69, 9.17) is 10.5 Å². The lowest BCUT2D eigenvalue weighted by Crippen LogP contribution is -2.19. The molecule has 3 heteroatoms. The zero-order valence-electron chi connectivity index (χ0n) is 8.75. The van der Waals surface area contributed by atoms with Gasteiger partial charge in [-0.2, -0.15) is 0 Å². The first-order chi connectivity index (χ1) is 6.50. The molecule has 0 heterocycles. The summed E-state index contributed by atoms with van der Waals surface area (Å²) in [6.45, 7) is 6.29. The molecule has 0 aromatic heterocycles. The quantitative estimate of drug-likeness (QED) is 0.842. The van der Waals surface area contributed by atoms with Crippen LogP contribution in [0.3, 0.4) is 0 Å². The monoisotopic (exact) mass is 257 g/mol. The Kier molecular flexibility index (Phi) is 3.81. The fraction of sp³-hybridized carbons (Fsp3) is 0.455. The summed E-state index contributed by atoms with van der Waals surface area (Å²) in [5, 5.41) is 0. The number of anilines is 1. The molecule has 0 amide bonds. The fourth-order valence-electron chi connectivity index (χ4n) is 0.947. The zero-order valence-corrected chi connectivity index (χ0v) is 10.3. The number of nitrogens with two attached hydrogens (primary N) is 1. The summed E-state index contributed by atoms with van der Waals surface area (Å²) in [4.78, 5) is 0. The van der Waals surface area contributed by atoms with Crippen molar-refractivity contribution in [3.8, 4) is 5.75 Å². The van der Waals surface area contributed by atoms with Crippen molar-refractivity contribution in [2.75, 3.05) is 5.73 Å². The molecule has 14 heavy (non-hydrogen) atoms. The highest BCUT2D eigenvalue weighted by atomic mass is 79.9. The van der Waals surface area contributed by atoms with Crippen molar-refractivity contribution in [2.45, 2.75) is 26.9 Å². The van der Waals surface area contributed by atoms with Gasteiger partial charge in [-0.3, -0.25) is 0 Å². The Morgan fingerprint density at radius 1 is 1.29 bits per heavy atom. The highest BCUT2D eigenvalue weighted by Crippen LogP contribution is 2.27. The van der Waals surface area contributed by atoms with E-state index in [-0.39, 0.29) is 6.10 Å². The van der Waals surface area contributed by atoms with Crippen LogP contribution in [0, 0.1) is 5.92 Å². The Balaban J connectivity index is 2.80. The number of nitrogen functional groups attached to an aromatic ring is 1. The van der Waals surface area contributed by atoms with Gasteiger partial charge in [-0.05, 0) is 31.0 Å². The summed E-state index contributed by atoms with van der Waals surface area (Å²) in [6, 6.07) is 5.64. The molecule has 2 nitrogen and oxygen atoms in total. The van der Waals surface area contributed by atoms with E-state index in [2.05, 4.69) is 29.8 Å². The van der Waals surface area contributed by atoms with Crippen molar-refractivity contribution in [1.82, 2.24) is 0 Å². The minimum atomic E-state index is 0.173. The third-order valence-corrected chi connectivity index (χ3v) is 2.72. The van der Waals surface area contributed by atoms with Crippen molar-refractivity contribution in [1.29, 1.82) is 0 Å². The van der Waals surface area contributed by atoms with Crippen LogP contribution < -0.4 is 10.5 Å². The van der Waals surface area contributed by atoms with Gasteiger partial charge in [0.1, 0.15) is 5.75 Å². The summed E-state index contributed by atoms with van der Waals surface area (Å²) in [6.07, 6.45) is 0.173. The van der Waals surface area contributed by atoms with Crippen molar-refractivity contribution in [3.63, 3.8) is 0 Å². The summed E-state index contributed by atoms with van der Waals surface area (Å²) in [5.41, 5.74) is 6.47. The molecule has 1 unspecified atom stereocenters. The molecular formula is C11H16BrNO. The van der Waals surface area contributed by atoms with Crippen LogP contribution in [0.5, 0.6) is 5.75 Å². The van der Waals surface area contributed by atoms with E-state index in [0.717, 1.165) is 10.2 Å². The van der Waals surface area contributed by atoms with Crippen molar-refractivity contribution >= 4 is 21.6 Å². The Morgan fingerprint density at radius 2 is 1.93 bits per heavy atom. The molecule has 0 radical (unpaired) electrons.